The zero-order chi connectivity index (χ0) is 26.2. The second-order valence-corrected chi connectivity index (χ2v) is 8.79. The summed E-state index contributed by atoms with van der Waals surface area (Å²) in [4.78, 5) is 38.2. The second kappa shape index (κ2) is 12.3. The van der Waals surface area contributed by atoms with Gasteiger partial charge in [0.15, 0.2) is 0 Å². The number of hydrogen-bond donors (Lipinski definition) is 1. The maximum absolute atomic E-state index is 13.3. The molecule has 0 aliphatic carbocycles. The molecule has 36 heavy (non-hydrogen) atoms. The summed E-state index contributed by atoms with van der Waals surface area (Å²) in [6.45, 7) is 5.36. The van der Waals surface area contributed by atoms with Crippen LogP contribution in [0.15, 0.2) is 76.0 Å². The normalized spacial score (nSPS) is 15.3. The van der Waals surface area contributed by atoms with Gasteiger partial charge in [0.25, 0.3) is 5.69 Å². The van der Waals surface area contributed by atoms with Crippen LogP contribution < -0.4 is 10.1 Å². The smallest absolute Gasteiger partial charge is 0.336 e. The lowest BCUT2D eigenvalue weighted by Crippen LogP contribution is -2.34. The van der Waals surface area contributed by atoms with Crippen molar-refractivity contribution in [2.24, 2.45) is 0 Å². The average Bonchev–Trinajstić information content (AvgIpc) is 2.87. The number of thioether (sulfide) groups is 1. The van der Waals surface area contributed by atoms with E-state index in [-0.39, 0.29) is 30.0 Å². The highest BCUT2D eigenvalue weighted by Crippen LogP contribution is 2.41. The third-order valence-corrected chi connectivity index (χ3v) is 6.53. The lowest BCUT2D eigenvalue weighted by molar-refractivity contribution is -0.384. The molecule has 2 aromatic carbocycles. The molecular weight excluding hydrogens is 484 g/mol. The Kier molecular flexibility index (Phi) is 9.13. The molecule has 0 saturated heterocycles. The van der Waals surface area contributed by atoms with Crippen molar-refractivity contribution in [3.63, 3.8) is 0 Å². The molecule has 10 heteroatoms. The van der Waals surface area contributed by atoms with Crippen molar-refractivity contribution < 1.29 is 28.7 Å². The largest absolute Gasteiger partial charge is 0.497 e. The first kappa shape index (κ1) is 26.8. The van der Waals surface area contributed by atoms with Gasteiger partial charge in [-0.05, 0) is 50.6 Å². The Hall–Kier alpha value is -3.79. The van der Waals surface area contributed by atoms with E-state index in [0.717, 1.165) is 10.6 Å². The van der Waals surface area contributed by atoms with E-state index in [1.165, 1.54) is 30.0 Å². The Bertz CT molecular complexity index is 1210. The van der Waals surface area contributed by atoms with Gasteiger partial charge in [0.05, 0.1) is 42.3 Å². The number of benzene rings is 2. The first-order valence-electron chi connectivity index (χ1n) is 11.4. The summed E-state index contributed by atoms with van der Waals surface area (Å²) in [6, 6.07) is 13.4. The number of hydrogen-bond acceptors (Lipinski definition) is 9. The first-order valence-corrected chi connectivity index (χ1v) is 12.3. The molecule has 0 aromatic heterocycles. The minimum Gasteiger partial charge on any atom is -0.497 e. The zero-order valence-electron chi connectivity index (χ0n) is 20.5. The van der Waals surface area contributed by atoms with E-state index in [1.807, 2.05) is 24.3 Å². The summed E-state index contributed by atoms with van der Waals surface area (Å²) in [5.41, 5.74) is 1.75. The van der Waals surface area contributed by atoms with Gasteiger partial charge in [-0.25, -0.2) is 9.59 Å². The van der Waals surface area contributed by atoms with Crippen LogP contribution in [-0.2, 0) is 19.1 Å². The van der Waals surface area contributed by atoms with Crippen LogP contribution in [0.1, 0.15) is 32.3 Å². The number of esters is 2. The van der Waals surface area contributed by atoms with Gasteiger partial charge in [-0.2, -0.15) is 0 Å². The molecule has 0 fully saturated rings. The van der Waals surface area contributed by atoms with Crippen LogP contribution >= 0.6 is 11.8 Å². The summed E-state index contributed by atoms with van der Waals surface area (Å²) in [5.74, 6) is -1.04. The number of carbonyl (C=O) groups is 2. The lowest BCUT2D eigenvalue weighted by Gasteiger charge is -2.31. The van der Waals surface area contributed by atoms with Crippen LogP contribution in [-0.4, -0.2) is 42.9 Å². The predicted octanol–water partition coefficient (Wildman–Crippen LogP) is 4.74. The van der Waals surface area contributed by atoms with Crippen LogP contribution in [0.25, 0.3) is 0 Å². The maximum Gasteiger partial charge on any atom is 0.336 e. The van der Waals surface area contributed by atoms with Crippen molar-refractivity contribution in [1.82, 2.24) is 5.32 Å². The minimum absolute atomic E-state index is 0.125. The van der Waals surface area contributed by atoms with E-state index < -0.39 is 22.8 Å². The molecule has 1 atom stereocenters. The standard InChI is InChI=1S/C26H28N2O7S/c1-5-34-25(29)22-16(3)27-21(15-36-20-12-10-19(33-4)11-13-20)24(26(30)35-6-2)23(22)17-8-7-9-18(14-17)28(31)32/h7-14,23,27H,5-6,15H2,1-4H3. The number of nitrogens with one attached hydrogen (secondary N) is 1. The van der Waals surface area contributed by atoms with E-state index in [0.29, 0.717) is 22.7 Å². The van der Waals surface area contributed by atoms with Gasteiger partial charge in [0.2, 0.25) is 0 Å². The summed E-state index contributed by atoms with van der Waals surface area (Å²) >= 11 is 1.48. The lowest BCUT2D eigenvalue weighted by atomic mass is 9.80. The van der Waals surface area contributed by atoms with Crippen molar-refractivity contribution >= 4 is 29.4 Å². The monoisotopic (exact) mass is 512 g/mol. The molecule has 3 rings (SSSR count). The summed E-state index contributed by atoms with van der Waals surface area (Å²) < 4.78 is 15.9. The molecule has 1 aliphatic rings. The van der Waals surface area contributed by atoms with E-state index in [9.17, 15) is 19.7 Å². The van der Waals surface area contributed by atoms with Crippen molar-refractivity contribution in [2.75, 3.05) is 26.1 Å². The second-order valence-electron chi connectivity index (χ2n) is 7.75. The number of carbonyl (C=O) groups excluding carboxylic acids is 2. The highest BCUT2D eigenvalue weighted by molar-refractivity contribution is 7.99. The maximum atomic E-state index is 13.3. The Morgan fingerprint density at radius 2 is 1.67 bits per heavy atom. The van der Waals surface area contributed by atoms with E-state index >= 15 is 0 Å². The molecule has 1 aliphatic heterocycles. The van der Waals surface area contributed by atoms with E-state index in [1.54, 1.807) is 33.9 Å². The number of nitrogens with zero attached hydrogens (tertiary/aromatic N) is 1. The fourth-order valence-electron chi connectivity index (χ4n) is 3.92. The van der Waals surface area contributed by atoms with Gasteiger partial charge in [0.1, 0.15) is 5.75 Å². The number of non-ortho nitro benzene ring substituents is 1. The first-order chi connectivity index (χ1) is 17.3. The number of ether oxygens (including phenoxy) is 3. The third kappa shape index (κ3) is 6.06. The van der Waals surface area contributed by atoms with Crippen molar-refractivity contribution in [3.8, 4) is 5.75 Å². The summed E-state index contributed by atoms with van der Waals surface area (Å²) in [6.07, 6.45) is 0. The summed E-state index contributed by atoms with van der Waals surface area (Å²) in [7, 11) is 1.59. The molecule has 1 heterocycles. The van der Waals surface area contributed by atoms with E-state index in [2.05, 4.69) is 5.32 Å². The van der Waals surface area contributed by atoms with Crippen LogP contribution in [0.2, 0.25) is 0 Å². The minimum atomic E-state index is -0.907. The van der Waals surface area contributed by atoms with Crippen LogP contribution in [0.5, 0.6) is 5.75 Å². The Labute approximate surface area is 213 Å². The highest BCUT2D eigenvalue weighted by Gasteiger charge is 2.39. The number of dihydropyridines is 1. The topological polar surface area (TPSA) is 117 Å². The van der Waals surface area contributed by atoms with Gasteiger partial charge in [-0.3, -0.25) is 10.1 Å². The van der Waals surface area contributed by atoms with Gasteiger partial charge in [0, 0.05) is 34.2 Å². The number of allylic oxidation sites excluding steroid dienone is 1. The van der Waals surface area contributed by atoms with Gasteiger partial charge in [-0.15, -0.1) is 11.8 Å². The van der Waals surface area contributed by atoms with Crippen molar-refractivity contribution in [1.29, 1.82) is 0 Å². The van der Waals surface area contributed by atoms with Gasteiger partial charge in [-0.1, -0.05) is 12.1 Å². The van der Waals surface area contributed by atoms with Crippen molar-refractivity contribution in [2.45, 2.75) is 31.6 Å². The molecular formula is C26H28N2O7S. The average molecular weight is 513 g/mol. The molecule has 0 saturated carbocycles. The molecule has 0 bridgehead atoms. The SMILES string of the molecule is CCOC(=O)C1=C(C)NC(CSc2ccc(OC)cc2)=C(C(=O)OCC)C1c1cccc([N+](=O)[O-])c1. The third-order valence-electron chi connectivity index (χ3n) is 5.49. The van der Waals surface area contributed by atoms with Crippen LogP contribution in [0.4, 0.5) is 5.69 Å². The molecule has 2 aromatic rings. The molecule has 1 N–H and O–H groups in total. The molecule has 1 unspecified atom stereocenters. The van der Waals surface area contributed by atoms with Crippen LogP contribution in [0.3, 0.4) is 0 Å². The zero-order valence-corrected chi connectivity index (χ0v) is 21.3. The van der Waals surface area contributed by atoms with Gasteiger partial charge >= 0.3 is 11.9 Å². The number of methoxy groups -OCH3 is 1. The molecule has 190 valence electrons. The Balaban J connectivity index is 2.13. The number of nitro benzene ring substituents is 1. The predicted molar refractivity (Wildman–Crippen MR) is 136 cm³/mol. The molecule has 0 amide bonds. The van der Waals surface area contributed by atoms with Crippen LogP contribution in [0, 0.1) is 10.1 Å². The Morgan fingerprint density at radius 3 is 2.25 bits per heavy atom. The fourth-order valence-corrected chi connectivity index (χ4v) is 4.79. The number of rotatable bonds is 10. The molecule has 0 spiro atoms. The fraction of sp³-hybridized carbons (Fsp3) is 0.308. The number of nitro groups is 1. The molecule has 9 nitrogen and oxygen atoms in total. The highest BCUT2D eigenvalue weighted by atomic mass is 32.2. The quantitative estimate of drug-likeness (QED) is 0.208. The Morgan fingerprint density at radius 1 is 1.03 bits per heavy atom. The summed E-state index contributed by atoms with van der Waals surface area (Å²) in [5, 5.41) is 14.7. The molecule has 0 radical (unpaired) electrons. The van der Waals surface area contributed by atoms with Gasteiger partial charge < -0.3 is 19.5 Å². The van der Waals surface area contributed by atoms with E-state index in [4.69, 9.17) is 14.2 Å². The van der Waals surface area contributed by atoms with Crippen molar-refractivity contribution in [3.05, 3.63) is 86.7 Å².